The lowest BCUT2D eigenvalue weighted by Crippen LogP contribution is -2.35. The van der Waals surface area contributed by atoms with Crippen LogP contribution >= 0.6 is 0 Å². The number of likely N-dealkylation sites (tertiary alicyclic amines) is 1. The van der Waals surface area contributed by atoms with Crippen LogP contribution in [0.15, 0.2) is 24.3 Å². The van der Waals surface area contributed by atoms with Crippen LogP contribution < -0.4 is 0 Å². The van der Waals surface area contributed by atoms with E-state index in [9.17, 15) is 24.5 Å². The smallest absolute Gasteiger partial charge is 0.338 e. The molecule has 0 unspecified atom stereocenters. The van der Waals surface area contributed by atoms with E-state index in [1.54, 1.807) is 38.1 Å². The maximum atomic E-state index is 12.1. The van der Waals surface area contributed by atoms with E-state index >= 15 is 0 Å². The summed E-state index contributed by atoms with van der Waals surface area (Å²) >= 11 is 0. The molecule has 1 aromatic heterocycles. The summed E-state index contributed by atoms with van der Waals surface area (Å²) in [4.78, 5) is 47.3. The van der Waals surface area contributed by atoms with Crippen molar-refractivity contribution in [1.29, 1.82) is 0 Å². The molecule has 1 aromatic carbocycles. The van der Waals surface area contributed by atoms with E-state index in [2.05, 4.69) is 5.10 Å². The second-order valence-corrected chi connectivity index (χ2v) is 6.75. The van der Waals surface area contributed by atoms with Crippen LogP contribution in [0.5, 0.6) is 0 Å². The Kier molecular flexibility index (Phi) is 5.71. The number of hydrogen-bond donors (Lipinski definition) is 0. The predicted molar refractivity (Wildman–Crippen MR) is 100 cm³/mol. The van der Waals surface area contributed by atoms with Crippen LogP contribution in [0.25, 0.3) is 0 Å². The van der Waals surface area contributed by atoms with Crippen molar-refractivity contribution in [2.24, 2.45) is 0 Å². The minimum atomic E-state index is -0.668. The second kappa shape index (κ2) is 8.21. The molecular weight excluding hydrogens is 380 g/mol. The number of amides is 2. The van der Waals surface area contributed by atoms with Crippen LogP contribution in [0, 0.1) is 24.0 Å². The Labute approximate surface area is 166 Å². The Morgan fingerprint density at radius 1 is 1.24 bits per heavy atom. The number of carbonyl (C=O) groups is 3. The average Bonchev–Trinajstić information content (AvgIpc) is 3.22. The minimum Gasteiger partial charge on any atom is -0.452 e. The zero-order valence-corrected chi connectivity index (χ0v) is 16.1. The molecule has 0 bridgehead atoms. The van der Waals surface area contributed by atoms with E-state index in [1.165, 1.54) is 4.68 Å². The molecule has 0 aliphatic carbocycles. The Morgan fingerprint density at radius 2 is 1.93 bits per heavy atom. The number of nitrogens with zero attached hydrogens (tertiary/aromatic N) is 4. The first kappa shape index (κ1) is 20.2. The van der Waals surface area contributed by atoms with Gasteiger partial charge in [-0.1, -0.05) is 12.1 Å². The molecule has 0 radical (unpaired) electrons. The molecule has 1 aliphatic heterocycles. The molecule has 0 N–H and O–H groups in total. The first-order chi connectivity index (χ1) is 13.8. The van der Waals surface area contributed by atoms with E-state index in [4.69, 9.17) is 4.74 Å². The predicted octanol–water partition coefficient (Wildman–Crippen LogP) is 1.76. The largest absolute Gasteiger partial charge is 0.452 e. The first-order valence-corrected chi connectivity index (χ1v) is 9.05. The summed E-state index contributed by atoms with van der Waals surface area (Å²) in [6.07, 6.45) is 0.956. The molecule has 10 heteroatoms. The zero-order valence-electron chi connectivity index (χ0n) is 16.1. The maximum absolute atomic E-state index is 12.1. The van der Waals surface area contributed by atoms with Gasteiger partial charge in [-0.3, -0.25) is 29.3 Å². The van der Waals surface area contributed by atoms with Crippen LogP contribution in [0.2, 0.25) is 0 Å². The summed E-state index contributed by atoms with van der Waals surface area (Å²) < 4.78 is 6.53. The molecule has 29 heavy (non-hydrogen) atoms. The topological polar surface area (TPSA) is 125 Å². The highest BCUT2D eigenvalue weighted by Crippen LogP contribution is 2.22. The lowest BCUT2D eigenvalue weighted by molar-refractivity contribution is -0.386. The molecule has 2 heterocycles. The Bertz CT molecular complexity index is 979. The van der Waals surface area contributed by atoms with Crippen LogP contribution in [-0.4, -0.2) is 50.5 Å². The normalized spacial score (nSPS) is 13.6. The van der Waals surface area contributed by atoms with E-state index in [1.807, 2.05) is 0 Å². The number of aromatic nitrogens is 2. The lowest BCUT2D eigenvalue weighted by atomic mass is 10.1. The molecule has 0 spiro atoms. The van der Waals surface area contributed by atoms with Gasteiger partial charge in [-0.2, -0.15) is 5.10 Å². The number of esters is 1. The van der Waals surface area contributed by atoms with Crippen LogP contribution in [0.1, 0.15) is 40.2 Å². The van der Waals surface area contributed by atoms with Gasteiger partial charge in [0.1, 0.15) is 11.4 Å². The van der Waals surface area contributed by atoms with Gasteiger partial charge in [0.25, 0.3) is 5.91 Å². The van der Waals surface area contributed by atoms with E-state index in [0.29, 0.717) is 37.3 Å². The van der Waals surface area contributed by atoms with Gasteiger partial charge < -0.3 is 4.74 Å². The molecule has 3 rings (SSSR count). The summed E-state index contributed by atoms with van der Waals surface area (Å²) in [6.45, 7) is 3.39. The summed E-state index contributed by atoms with van der Waals surface area (Å²) in [5.74, 6) is -1.44. The van der Waals surface area contributed by atoms with Crippen molar-refractivity contribution in [1.82, 2.24) is 14.7 Å². The van der Waals surface area contributed by atoms with Gasteiger partial charge in [-0.15, -0.1) is 0 Å². The summed E-state index contributed by atoms with van der Waals surface area (Å²) in [5, 5.41) is 15.3. The van der Waals surface area contributed by atoms with Crippen molar-refractivity contribution in [2.45, 2.75) is 33.2 Å². The molecule has 0 saturated carbocycles. The fraction of sp³-hybridized carbons (Fsp3) is 0.368. The summed E-state index contributed by atoms with van der Waals surface area (Å²) in [5.41, 5.74) is 1.83. The van der Waals surface area contributed by atoms with Crippen molar-refractivity contribution in [3.8, 4) is 0 Å². The van der Waals surface area contributed by atoms with Gasteiger partial charge in [0.15, 0.2) is 6.61 Å². The number of rotatable bonds is 6. The number of carbonyl (C=O) groups excluding carboxylic acids is 3. The molecule has 1 saturated heterocycles. The van der Waals surface area contributed by atoms with Crippen LogP contribution in [0.4, 0.5) is 5.69 Å². The van der Waals surface area contributed by atoms with Crippen molar-refractivity contribution in [2.75, 3.05) is 13.2 Å². The number of aryl methyl sites for hydroxylation is 1. The second-order valence-electron chi connectivity index (χ2n) is 6.75. The Balaban J connectivity index is 1.60. The molecule has 2 aromatic rings. The third kappa shape index (κ3) is 4.31. The third-order valence-corrected chi connectivity index (χ3v) is 4.75. The minimum absolute atomic E-state index is 0.00801. The Morgan fingerprint density at radius 3 is 2.48 bits per heavy atom. The van der Waals surface area contributed by atoms with Gasteiger partial charge >= 0.3 is 11.7 Å². The molecule has 152 valence electrons. The van der Waals surface area contributed by atoms with Crippen LogP contribution in [-0.2, 0) is 20.9 Å². The van der Waals surface area contributed by atoms with Crippen molar-refractivity contribution < 1.29 is 24.0 Å². The van der Waals surface area contributed by atoms with Gasteiger partial charge in [-0.05, 0) is 38.0 Å². The molecule has 10 nitrogen and oxygen atoms in total. The fourth-order valence-electron chi connectivity index (χ4n) is 3.23. The molecule has 2 amide bonds. The van der Waals surface area contributed by atoms with E-state index in [-0.39, 0.29) is 17.2 Å². The monoisotopic (exact) mass is 400 g/mol. The van der Waals surface area contributed by atoms with Gasteiger partial charge in [-0.25, -0.2) is 4.79 Å². The average molecular weight is 400 g/mol. The highest BCUT2D eigenvalue weighted by molar-refractivity contribution is 5.98. The quantitative estimate of drug-likeness (QED) is 0.411. The van der Waals surface area contributed by atoms with Crippen molar-refractivity contribution in [3.05, 3.63) is 56.9 Å². The van der Waals surface area contributed by atoms with Gasteiger partial charge in [0.05, 0.1) is 17.0 Å². The van der Waals surface area contributed by atoms with Crippen LogP contribution in [0.3, 0.4) is 0 Å². The summed E-state index contributed by atoms with van der Waals surface area (Å²) in [7, 11) is 0. The number of imide groups is 1. The first-order valence-electron chi connectivity index (χ1n) is 9.05. The van der Waals surface area contributed by atoms with Crippen molar-refractivity contribution >= 4 is 23.5 Å². The number of hydrogen-bond acceptors (Lipinski definition) is 7. The number of ether oxygens (including phenoxy) is 1. The summed E-state index contributed by atoms with van der Waals surface area (Å²) in [6, 6.07) is 6.46. The molecule has 1 aliphatic rings. The number of nitro groups is 1. The maximum Gasteiger partial charge on any atom is 0.338 e. The number of benzene rings is 1. The third-order valence-electron chi connectivity index (χ3n) is 4.75. The van der Waals surface area contributed by atoms with Gasteiger partial charge in [0.2, 0.25) is 5.91 Å². The SMILES string of the molecule is Cc1nn(Cc2ccc(C(=O)OCC(=O)N3CCCC3=O)cc2)c(C)c1[N+](=O)[O-]. The molecular formula is C19H20N4O6. The highest BCUT2D eigenvalue weighted by atomic mass is 16.6. The van der Waals surface area contributed by atoms with Gasteiger partial charge in [0, 0.05) is 13.0 Å². The zero-order chi connectivity index (χ0) is 21.1. The van der Waals surface area contributed by atoms with Crippen molar-refractivity contribution in [3.63, 3.8) is 0 Å². The fourth-order valence-corrected chi connectivity index (χ4v) is 3.23. The lowest BCUT2D eigenvalue weighted by Gasteiger charge is -2.13. The van der Waals surface area contributed by atoms with E-state index < -0.39 is 23.4 Å². The molecule has 0 atom stereocenters. The Hall–Kier alpha value is -3.56. The van der Waals surface area contributed by atoms with E-state index in [0.717, 1.165) is 10.5 Å². The highest BCUT2D eigenvalue weighted by Gasteiger charge is 2.27. The standard InChI is InChI=1S/C19H20N4O6/c1-12-18(23(27)28)13(2)22(20-12)10-14-5-7-15(8-6-14)19(26)29-11-17(25)21-9-3-4-16(21)24/h5-8H,3-4,9-11H2,1-2H3. The molecule has 1 fully saturated rings.